The fourth-order valence-corrected chi connectivity index (χ4v) is 3.89. The van der Waals surface area contributed by atoms with E-state index in [0.717, 1.165) is 8.95 Å². The molecule has 23 heavy (non-hydrogen) atoms. The fraction of sp³-hybridized carbons (Fsp3) is 0. The van der Waals surface area contributed by atoms with Gasteiger partial charge < -0.3 is 5.32 Å². The number of anilines is 1. The number of benzene rings is 2. The highest BCUT2D eigenvalue weighted by Gasteiger charge is 2.28. The van der Waals surface area contributed by atoms with Crippen LogP contribution >= 0.6 is 47.8 Å². The number of hydrogen-bond acceptors (Lipinski definition) is 3. The zero-order valence-corrected chi connectivity index (χ0v) is 16.1. The first-order valence-corrected chi connectivity index (χ1v) is 8.78. The molecule has 0 aromatic heterocycles. The second-order valence-corrected chi connectivity index (χ2v) is 7.27. The number of hydrazone groups is 1. The standard InChI is InChI=1S/C15H8Br3N3O2/c16-7-5-9-12(11(18)6-7)19-15(23)13(9)20-21-14(22)8-3-1-2-4-10(8)17/h1-6H,(H,21,22)(H,19,20,23). The highest BCUT2D eigenvalue weighted by Crippen LogP contribution is 2.34. The minimum absolute atomic E-state index is 0.155. The van der Waals surface area contributed by atoms with E-state index in [0.29, 0.717) is 21.3 Å². The Morgan fingerprint density at radius 2 is 1.83 bits per heavy atom. The van der Waals surface area contributed by atoms with Gasteiger partial charge in [0, 0.05) is 19.0 Å². The number of carbonyl (C=O) groups excluding carboxylic acids is 2. The maximum atomic E-state index is 12.2. The van der Waals surface area contributed by atoms with E-state index in [1.54, 1.807) is 24.3 Å². The normalized spacial score (nSPS) is 14.6. The summed E-state index contributed by atoms with van der Waals surface area (Å²) >= 11 is 10.1. The second kappa shape index (κ2) is 6.54. The van der Waals surface area contributed by atoms with Crippen molar-refractivity contribution in [2.24, 2.45) is 5.10 Å². The second-order valence-electron chi connectivity index (χ2n) is 4.65. The summed E-state index contributed by atoms with van der Waals surface area (Å²) in [6.45, 7) is 0. The molecule has 116 valence electrons. The van der Waals surface area contributed by atoms with E-state index in [2.05, 4.69) is 63.6 Å². The molecule has 0 atom stereocenters. The summed E-state index contributed by atoms with van der Waals surface area (Å²) in [6.07, 6.45) is 0. The maximum absolute atomic E-state index is 12.2. The molecular formula is C15H8Br3N3O2. The largest absolute Gasteiger partial charge is 0.319 e. The molecule has 0 unspecified atom stereocenters. The SMILES string of the molecule is O=C1Nc2c(Br)cc(Br)cc2/C1=N\NC(=O)c1ccccc1Br. The van der Waals surface area contributed by atoms with Crippen LogP contribution in [-0.2, 0) is 4.79 Å². The molecule has 2 amide bonds. The third-order valence-corrected chi connectivity index (χ3v) is 4.93. The average Bonchev–Trinajstić information content (AvgIpc) is 2.81. The first-order valence-electron chi connectivity index (χ1n) is 6.40. The van der Waals surface area contributed by atoms with Crippen LogP contribution in [0.2, 0.25) is 0 Å². The van der Waals surface area contributed by atoms with Gasteiger partial charge in [-0.3, -0.25) is 9.59 Å². The van der Waals surface area contributed by atoms with Gasteiger partial charge in [0.05, 0.1) is 11.3 Å². The van der Waals surface area contributed by atoms with Crippen molar-refractivity contribution in [3.05, 3.63) is 60.9 Å². The monoisotopic (exact) mass is 499 g/mol. The number of amides is 2. The summed E-state index contributed by atoms with van der Waals surface area (Å²) in [5.41, 5.74) is 4.26. The predicted octanol–water partition coefficient (Wildman–Crippen LogP) is 4.06. The molecule has 0 saturated carbocycles. The molecule has 8 heteroatoms. The molecule has 5 nitrogen and oxygen atoms in total. The van der Waals surface area contributed by atoms with Gasteiger partial charge in [0.2, 0.25) is 0 Å². The zero-order valence-electron chi connectivity index (χ0n) is 11.4. The molecule has 2 N–H and O–H groups in total. The summed E-state index contributed by atoms with van der Waals surface area (Å²) in [6, 6.07) is 10.6. The van der Waals surface area contributed by atoms with Crippen LogP contribution in [0.1, 0.15) is 15.9 Å². The fourth-order valence-electron chi connectivity index (χ4n) is 2.11. The minimum atomic E-state index is -0.403. The van der Waals surface area contributed by atoms with E-state index in [9.17, 15) is 9.59 Å². The van der Waals surface area contributed by atoms with Gasteiger partial charge in [0.15, 0.2) is 5.71 Å². The summed E-state index contributed by atoms with van der Waals surface area (Å²) in [5, 5.41) is 6.71. The molecule has 0 aliphatic carbocycles. The molecule has 3 rings (SSSR count). The van der Waals surface area contributed by atoms with Crippen LogP contribution in [0.25, 0.3) is 0 Å². The topological polar surface area (TPSA) is 70.6 Å². The minimum Gasteiger partial charge on any atom is -0.319 e. The van der Waals surface area contributed by atoms with Crippen molar-refractivity contribution in [2.45, 2.75) is 0 Å². The van der Waals surface area contributed by atoms with Crippen molar-refractivity contribution >= 4 is 71.0 Å². The van der Waals surface area contributed by atoms with Crippen LogP contribution < -0.4 is 10.7 Å². The number of hydrogen-bond donors (Lipinski definition) is 2. The predicted molar refractivity (Wildman–Crippen MR) is 98.6 cm³/mol. The van der Waals surface area contributed by atoms with Gasteiger partial charge in [-0.1, -0.05) is 28.1 Å². The van der Waals surface area contributed by atoms with Crippen LogP contribution in [-0.4, -0.2) is 17.5 Å². The molecule has 2 aromatic rings. The van der Waals surface area contributed by atoms with Gasteiger partial charge in [0.25, 0.3) is 11.8 Å². The number of nitrogens with zero attached hydrogens (tertiary/aromatic N) is 1. The molecule has 0 saturated heterocycles. The molecule has 1 aliphatic heterocycles. The molecule has 0 fully saturated rings. The summed E-state index contributed by atoms with van der Waals surface area (Å²) < 4.78 is 2.18. The third-order valence-electron chi connectivity index (χ3n) is 3.15. The van der Waals surface area contributed by atoms with E-state index in [1.165, 1.54) is 0 Å². The van der Waals surface area contributed by atoms with Crippen LogP contribution in [0.4, 0.5) is 5.69 Å². The van der Waals surface area contributed by atoms with Crippen molar-refractivity contribution in [3.63, 3.8) is 0 Å². The third kappa shape index (κ3) is 3.24. The highest BCUT2D eigenvalue weighted by molar-refractivity contribution is 9.11. The number of rotatable bonds is 2. The first-order chi connectivity index (χ1) is 11.0. The van der Waals surface area contributed by atoms with E-state index in [4.69, 9.17) is 0 Å². The van der Waals surface area contributed by atoms with Gasteiger partial charge in [-0.2, -0.15) is 5.10 Å². The van der Waals surface area contributed by atoms with Crippen molar-refractivity contribution in [1.29, 1.82) is 0 Å². The lowest BCUT2D eigenvalue weighted by Gasteiger charge is -2.04. The Balaban J connectivity index is 1.92. The zero-order chi connectivity index (χ0) is 16.6. The summed E-state index contributed by atoms with van der Waals surface area (Å²) in [7, 11) is 0. The lowest BCUT2D eigenvalue weighted by molar-refractivity contribution is -0.110. The molecule has 2 aromatic carbocycles. The Morgan fingerprint density at radius 3 is 2.57 bits per heavy atom. The van der Waals surface area contributed by atoms with Gasteiger partial charge in [-0.05, 0) is 56.1 Å². The van der Waals surface area contributed by atoms with Crippen LogP contribution in [0.5, 0.6) is 0 Å². The lowest BCUT2D eigenvalue weighted by Crippen LogP contribution is -2.23. The Labute approximate surface area is 156 Å². The smallest absolute Gasteiger partial charge is 0.276 e. The lowest BCUT2D eigenvalue weighted by atomic mass is 10.1. The average molecular weight is 502 g/mol. The van der Waals surface area contributed by atoms with Gasteiger partial charge in [0.1, 0.15) is 0 Å². The van der Waals surface area contributed by atoms with Gasteiger partial charge in [-0.15, -0.1) is 0 Å². The van der Waals surface area contributed by atoms with E-state index < -0.39 is 5.91 Å². The van der Waals surface area contributed by atoms with Crippen LogP contribution in [0.3, 0.4) is 0 Å². The van der Waals surface area contributed by atoms with E-state index in [1.807, 2.05) is 12.1 Å². The van der Waals surface area contributed by atoms with E-state index in [-0.39, 0.29) is 11.6 Å². The van der Waals surface area contributed by atoms with E-state index >= 15 is 0 Å². The van der Waals surface area contributed by atoms with Gasteiger partial charge >= 0.3 is 0 Å². The van der Waals surface area contributed by atoms with Crippen LogP contribution in [0.15, 0.2) is 54.9 Å². The molecule has 0 radical (unpaired) electrons. The van der Waals surface area contributed by atoms with Crippen molar-refractivity contribution in [2.75, 3.05) is 5.32 Å². The Morgan fingerprint density at radius 1 is 1.09 bits per heavy atom. The number of fused-ring (bicyclic) bond motifs is 1. The first kappa shape index (κ1) is 16.4. The molecular weight excluding hydrogens is 494 g/mol. The molecule has 0 bridgehead atoms. The molecule has 1 aliphatic rings. The Hall–Kier alpha value is -1.51. The van der Waals surface area contributed by atoms with Crippen LogP contribution in [0, 0.1) is 0 Å². The van der Waals surface area contributed by atoms with Crippen molar-refractivity contribution in [1.82, 2.24) is 5.43 Å². The maximum Gasteiger partial charge on any atom is 0.276 e. The van der Waals surface area contributed by atoms with Crippen molar-refractivity contribution < 1.29 is 9.59 Å². The number of nitrogens with one attached hydrogen (secondary N) is 2. The summed E-state index contributed by atoms with van der Waals surface area (Å²) in [4.78, 5) is 24.2. The highest BCUT2D eigenvalue weighted by atomic mass is 79.9. The van der Waals surface area contributed by atoms with Crippen molar-refractivity contribution in [3.8, 4) is 0 Å². The molecule has 0 spiro atoms. The van der Waals surface area contributed by atoms with Gasteiger partial charge in [-0.25, -0.2) is 5.43 Å². The molecule has 1 heterocycles. The Bertz CT molecular complexity index is 865. The summed E-state index contributed by atoms with van der Waals surface area (Å²) in [5.74, 6) is -0.772. The number of halogens is 3. The quantitative estimate of drug-likeness (QED) is 0.609. The number of carbonyl (C=O) groups is 2. The Kier molecular flexibility index (Phi) is 4.65.